The molecule has 1 aliphatic heterocycles. The summed E-state index contributed by atoms with van der Waals surface area (Å²) in [6.07, 6.45) is 3.35. The van der Waals surface area contributed by atoms with Crippen molar-refractivity contribution in [3.05, 3.63) is 58.1 Å². The van der Waals surface area contributed by atoms with Crippen molar-refractivity contribution in [2.45, 2.75) is 19.9 Å². The SMILES string of the molecule is CN=C(NCc1nc(C)cs1)N1CC=C(c2ccccc2)CC1.I. The van der Waals surface area contributed by atoms with Crippen molar-refractivity contribution in [3.8, 4) is 0 Å². The van der Waals surface area contributed by atoms with Crippen molar-refractivity contribution < 1.29 is 0 Å². The molecule has 24 heavy (non-hydrogen) atoms. The summed E-state index contributed by atoms with van der Waals surface area (Å²) < 4.78 is 0. The van der Waals surface area contributed by atoms with Gasteiger partial charge in [-0.3, -0.25) is 4.99 Å². The standard InChI is InChI=1S/C18H22N4S.HI/c1-14-13-23-17(21-14)12-20-18(19-2)22-10-8-16(9-11-22)15-6-4-3-5-7-15;/h3-8,13H,9-12H2,1-2H3,(H,19,20);1H. The third-order valence-corrected chi connectivity index (χ3v) is 4.90. The number of aliphatic imine (C=N–C) groups is 1. The molecule has 0 fully saturated rings. The van der Waals surface area contributed by atoms with Gasteiger partial charge in [0.05, 0.1) is 6.54 Å². The summed E-state index contributed by atoms with van der Waals surface area (Å²) >= 11 is 1.69. The molecule has 6 heteroatoms. The van der Waals surface area contributed by atoms with Crippen LogP contribution in [0.25, 0.3) is 5.57 Å². The summed E-state index contributed by atoms with van der Waals surface area (Å²) in [5.74, 6) is 0.946. The fraction of sp³-hybridized carbons (Fsp3) is 0.333. The van der Waals surface area contributed by atoms with Gasteiger partial charge in [-0.2, -0.15) is 0 Å². The summed E-state index contributed by atoms with van der Waals surface area (Å²) in [6.45, 7) is 4.63. The van der Waals surface area contributed by atoms with Crippen LogP contribution in [-0.4, -0.2) is 36.0 Å². The lowest BCUT2D eigenvalue weighted by Gasteiger charge is -2.29. The van der Waals surface area contributed by atoms with E-state index in [1.807, 2.05) is 14.0 Å². The van der Waals surface area contributed by atoms with E-state index in [1.54, 1.807) is 11.3 Å². The van der Waals surface area contributed by atoms with Crippen LogP contribution in [0.15, 0.2) is 46.8 Å². The number of guanidine groups is 1. The molecule has 0 saturated heterocycles. The predicted octanol–water partition coefficient (Wildman–Crippen LogP) is 3.93. The highest BCUT2D eigenvalue weighted by atomic mass is 127. The number of benzene rings is 1. The molecule has 0 aliphatic carbocycles. The average molecular weight is 454 g/mol. The van der Waals surface area contributed by atoms with Gasteiger partial charge < -0.3 is 10.2 Å². The van der Waals surface area contributed by atoms with Gasteiger partial charge in [-0.05, 0) is 24.5 Å². The third-order valence-electron chi connectivity index (χ3n) is 3.93. The lowest BCUT2D eigenvalue weighted by Crippen LogP contribution is -2.43. The number of hydrogen-bond donors (Lipinski definition) is 1. The van der Waals surface area contributed by atoms with E-state index in [4.69, 9.17) is 0 Å². The molecule has 1 aromatic carbocycles. The molecule has 3 rings (SSSR count). The number of aromatic nitrogens is 1. The monoisotopic (exact) mass is 454 g/mol. The minimum atomic E-state index is 0. The zero-order valence-corrected chi connectivity index (χ0v) is 17.2. The van der Waals surface area contributed by atoms with Crippen LogP contribution in [0.4, 0.5) is 0 Å². The molecule has 4 nitrogen and oxygen atoms in total. The lowest BCUT2D eigenvalue weighted by atomic mass is 10.00. The predicted molar refractivity (Wildman–Crippen MR) is 113 cm³/mol. The molecule has 1 aromatic heterocycles. The van der Waals surface area contributed by atoms with Crippen LogP contribution in [-0.2, 0) is 6.54 Å². The first kappa shape index (κ1) is 18.9. The molecule has 0 bridgehead atoms. The third kappa shape index (κ3) is 4.80. The topological polar surface area (TPSA) is 40.5 Å². The number of aryl methyl sites for hydroxylation is 1. The summed E-state index contributed by atoms with van der Waals surface area (Å²) in [4.78, 5) is 11.2. The lowest BCUT2D eigenvalue weighted by molar-refractivity contribution is 0.439. The van der Waals surface area contributed by atoms with Gasteiger partial charge in [0, 0.05) is 31.2 Å². The van der Waals surface area contributed by atoms with Crippen LogP contribution in [0.5, 0.6) is 0 Å². The molecule has 1 N–H and O–H groups in total. The van der Waals surface area contributed by atoms with Gasteiger partial charge in [0.1, 0.15) is 5.01 Å². The van der Waals surface area contributed by atoms with Crippen molar-refractivity contribution in [2.75, 3.05) is 20.1 Å². The number of hydrogen-bond acceptors (Lipinski definition) is 3. The minimum Gasteiger partial charge on any atom is -0.350 e. The Morgan fingerprint density at radius 1 is 1.33 bits per heavy atom. The maximum Gasteiger partial charge on any atom is 0.194 e. The second-order valence-corrected chi connectivity index (χ2v) is 6.52. The number of nitrogens with zero attached hydrogens (tertiary/aromatic N) is 3. The van der Waals surface area contributed by atoms with E-state index in [9.17, 15) is 0 Å². The molecule has 128 valence electrons. The number of nitrogens with one attached hydrogen (secondary N) is 1. The molecular weight excluding hydrogens is 431 g/mol. The largest absolute Gasteiger partial charge is 0.350 e. The molecule has 0 saturated carbocycles. The van der Waals surface area contributed by atoms with E-state index in [2.05, 4.69) is 62.0 Å². The summed E-state index contributed by atoms with van der Waals surface area (Å²) in [6, 6.07) is 10.6. The first-order chi connectivity index (χ1) is 11.3. The van der Waals surface area contributed by atoms with Crippen LogP contribution >= 0.6 is 35.3 Å². The Bertz CT molecular complexity index is 709. The van der Waals surface area contributed by atoms with Crippen LogP contribution in [0.2, 0.25) is 0 Å². The fourth-order valence-corrected chi connectivity index (χ4v) is 3.46. The summed E-state index contributed by atoms with van der Waals surface area (Å²) in [5, 5.41) is 6.60. The Morgan fingerprint density at radius 2 is 2.12 bits per heavy atom. The van der Waals surface area contributed by atoms with E-state index in [0.29, 0.717) is 0 Å². The molecular formula is C18H23IN4S. The first-order valence-electron chi connectivity index (χ1n) is 7.87. The van der Waals surface area contributed by atoms with Crippen molar-refractivity contribution >= 4 is 46.8 Å². The highest BCUT2D eigenvalue weighted by Crippen LogP contribution is 2.22. The molecule has 1 aliphatic rings. The van der Waals surface area contributed by atoms with Gasteiger partial charge in [0.15, 0.2) is 5.96 Å². The van der Waals surface area contributed by atoms with Crippen LogP contribution in [0.3, 0.4) is 0 Å². The Balaban J connectivity index is 0.00000208. The highest BCUT2D eigenvalue weighted by molar-refractivity contribution is 14.0. The molecule has 0 radical (unpaired) electrons. The molecule has 0 unspecified atom stereocenters. The van der Waals surface area contributed by atoms with E-state index >= 15 is 0 Å². The van der Waals surface area contributed by atoms with Crippen molar-refractivity contribution in [3.63, 3.8) is 0 Å². The number of rotatable bonds is 3. The fourth-order valence-electron chi connectivity index (χ4n) is 2.75. The number of halogens is 1. The maximum absolute atomic E-state index is 4.48. The van der Waals surface area contributed by atoms with E-state index < -0.39 is 0 Å². The summed E-state index contributed by atoms with van der Waals surface area (Å²) in [7, 11) is 1.84. The van der Waals surface area contributed by atoms with E-state index in [0.717, 1.165) is 42.7 Å². The van der Waals surface area contributed by atoms with Crippen LogP contribution in [0, 0.1) is 6.92 Å². The van der Waals surface area contributed by atoms with Gasteiger partial charge in [0.2, 0.25) is 0 Å². The van der Waals surface area contributed by atoms with Crippen LogP contribution in [0.1, 0.15) is 22.7 Å². The van der Waals surface area contributed by atoms with Gasteiger partial charge in [0.25, 0.3) is 0 Å². The van der Waals surface area contributed by atoms with Gasteiger partial charge >= 0.3 is 0 Å². The first-order valence-corrected chi connectivity index (χ1v) is 8.75. The smallest absolute Gasteiger partial charge is 0.194 e. The molecule has 0 atom stereocenters. The van der Waals surface area contributed by atoms with Crippen molar-refractivity contribution in [1.29, 1.82) is 0 Å². The Morgan fingerprint density at radius 3 is 2.71 bits per heavy atom. The van der Waals surface area contributed by atoms with Gasteiger partial charge in [-0.25, -0.2) is 4.98 Å². The molecule has 0 spiro atoms. The second kappa shape index (κ2) is 9.17. The zero-order chi connectivity index (χ0) is 16.1. The minimum absolute atomic E-state index is 0. The second-order valence-electron chi connectivity index (χ2n) is 5.57. The van der Waals surface area contributed by atoms with Crippen LogP contribution < -0.4 is 5.32 Å². The Labute approximate surface area is 164 Å². The maximum atomic E-state index is 4.48. The molecule has 0 amide bonds. The van der Waals surface area contributed by atoms with Crippen molar-refractivity contribution in [2.24, 2.45) is 4.99 Å². The molecule has 2 aromatic rings. The Kier molecular flexibility index (Phi) is 7.23. The number of thiazole rings is 1. The quantitative estimate of drug-likeness (QED) is 0.434. The van der Waals surface area contributed by atoms with E-state index in [-0.39, 0.29) is 24.0 Å². The normalized spacial score (nSPS) is 14.8. The zero-order valence-electron chi connectivity index (χ0n) is 14.0. The molecule has 2 heterocycles. The summed E-state index contributed by atoms with van der Waals surface area (Å²) in [5.41, 5.74) is 3.83. The highest BCUT2D eigenvalue weighted by Gasteiger charge is 2.16. The van der Waals surface area contributed by atoms with Gasteiger partial charge in [-0.1, -0.05) is 36.4 Å². The van der Waals surface area contributed by atoms with Crippen molar-refractivity contribution in [1.82, 2.24) is 15.2 Å². The van der Waals surface area contributed by atoms with Gasteiger partial charge in [-0.15, -0.1) is 35.3 Å². The van der Waals surface area contributed by atoms with E-state index in [1.165, 1.54) is 11.1 Å². The Hall–Kier alpha value is -1.41. The average Bonchev–Trinajstić information content (AvgIpc) is 3.02.